The predicted molar refractivity (Wildman–Crippen MR) is 139 cm³/mol. The lowest BCUT2D eigenvalue weighted by Gasteiger charge is -2.26. The minimum absolute atomic E-state index is 0.0104. The third-order valence-corrected chi connectivity index (χ3v) is 6.66. The molecule has 0 aliphatic carbocycles. The van der Waals surface area contributed by atoms with Crippen LogP contribution in [0.1, 0.15) is 51.2 Å². The molecule has 186 valence electrons. The van der Waals surface area contributed by atoms with E-state index in [0.29, 0.717) is 23.5 Å². The minimum Gasteiger partial charge on any atom is -0.494 e. The molecule has 2 N–H and O–H groups in total. The molecule has 0 saturated heterocycles. The van der Waals surface area contributed by atoms with Crippen molar-refractivity contribution in [3.8, 4) is 23.3 Å². The number of furan rings is 1. The molecule has 5 rings (SSSR count). The quantitative estimate of drug-likeness (QED) is 0.260. The number of nitriles is 1. The number of carbonyl (C=O) groups excluding carboxylic acids is 1. The Bertz CT molecular complexity index is 1610. The van der Waals surface area contributed by atoms with Crippen LogP contribution < -0.4 is 19.9 Å². The molecule has 0 bridgehead atoms. The molecule has 0 saturated carbocycles. The Hall–Kier alpha value is -4.70. The van der Waals surface area contributed by atoms with E-state index in [9.17, 15) is 10.1 Å². The molecule has 1 aliphatic rings. The van der Waals surface area contributed by atoms with E-state index in [1.807, 2.05) is 64.1 Å². The highest BCUT2D eigenvalue weighted by atomic mass is 16.5. The Kier molecular flexibility index (Phi) is 6.10. The summed E-state index contributed by atoms with van der Waals surface area (Å²) < 4.78 is 22.8. The van der Waals surface area contributed by atoms with Gasteiger partial charge in [0.05, 0.1) is 12.5 Å². The molecular weight excluding hydrogens is 468 g/mol. The van der Waals surface area contributed by atoms with Crippen LogP contribution in [0.25, 0.3) is 11.0 Å². The third kappa shape index (κ3) is 4.27. The van der Waals surface area contributed by atoms with E-state index in [1.165, 1.54) is 0 Å². The summed E-state index contributed by atoms with van der Waals surface area (Å²) in [5.41, 5.74) is 11.6. The first kappa shape index (κ1) is 24.0. The smallest absolute Gasteiger partial charge is 0.379 e. The van der Waals surface area contributed by atoms with Gasteiger partial charge in [-0.05, 0) is 74.7 Å². The summed E-state index contributed by atoms with van der Waals surface area (Å²) in [6.07, 6.45) is 0. The summed E-state index contributed by atoms with van der Waals surface area (Å²) in [5.74, 6) is 0.543. The summed E-state index contributed by atoms with van der Waals surface area (Å²) in [5, 5.41) is 10.7. The van der Waals surface area contributed by atoms with E-state index < -0.39 is 11.9 Å². The summed E-state index contributed by atoms with van der Waals surface area (Å²) in [7, 11) is 0. The third-order valence-electron chi connectivity index (χ3n) is 6.66. The van der Waals surface area contributed by atoms with Crippen LogP contribution in [0.15, 0.2) is 70.5 Å². The second-order valence-corrected chi connectivity index (χ2v) is 9.00. The molecule has 2 heterocycles. The summed E-state index contributed by atoms with van der Waals surface area (Å²) in [6.45, 7) is 8.33. The van der Waals surface area contributed by atoms with Crippen LogP contribution in [0, 0.1) is 32.1 Å². The number of fused-ring (bicyclic) bond motifs is 2. The van der Waals surface area contributed by atoms with E-state index in [1.54, 1.807) is 18.2 Å². The summed E-state index contributed by atoms with van der Waals surface area (Å²) >= 11 is 0. The van der Waals surface area contributed by atoms with E-state index in [2.05, 4.69) is 6.07 Å². The monoisotopic (exact) mass is 494 g/mol. The number of aryl methyl sites for hydroxylation is 3. The van der Waals surface area contributed by atoms with Crippen LogP contribution in [0.5, 0.6) is 17.2 Å². The predicted octanol–water partition coefficient (Wildman–Crippen LogP) is 6.19. The van der Waals surface area contributed by atoms with Crippen LogP contribution >= 0.6 is 0 Å². The average molecular weight is 495 g/mol. The van der Waals surface area contributed by atoms with Crippen molar-refractivity contribution >= 4 is 16.9 Å². The van der Waals surface area contributed by atoms with Crippen LogP contribution in [0.2, 0.25) is 0 Å². The molecule has 7 nitrogen and oxygen atoms in total. The number of allylic oxidation sites excluding steroid dienone is 1. The lowest BCUT2D eigenvalue weighted by atomic mass is 9.83. The number of nitrogens with two attached hydrogens (primary N) is 1. The molecule has 37 heavy (non-hydrogen) atoms. The number of hydrogen-bond donors (Lipinski definition) is 1. The van der Waals surface area contributed by atoms with E-state index in [-0.39, 0.29) is 17.4 Å². The molecule has 0 spiro atoms. The van der Waals surface area contributed by atoms with Crippen molar-refractivity contribution < 1.29 is 23.4 Å². The van der Waals surface area contributed by atoms with Gasteiger partial charge in [-0.25, -0.2) is 4.79 Å². The maximum atomic E-state index is 13.0. The molecule has 0 radical (unpaired) electrons. The minimum atomic E-state index is -0.607. The normalized spacial score (nSPS) is 14.6. The molecule has 3 aromatic carbocycles. The van der Waals surface area contributed by atoms with Gasteiger partial charge in [0.25, 0.3) is 0 Å². The van der Waals surface area contributed by atoms with Gasteiger partial charge < -0.3 is 24.4 Å². The average Bonchev–Trinajstić information content (AvgIpc) is 3.19. The number of benzene rings is 3. The van der Waals surface area contributed by atoms with Gasteiger partial charge in [0.1, 0.15) is 34.5 Å². The van der Waals surface area contributed by atoms with Gasteiger partial charge in [-0.2, -0.15) is 5.26 Å². The highest BCUT2D eigenvalue weighted by Gasteiger charge is 2.31. The number of rotatable bonds is 5. The van der Waals surface area contributed by atoms with Gasteiger partial charge in [-0.3, -0.25) is 0 Å². The van der Waals surface area contributed by atoms with E-state index >= 15 is 0 Å². The maximum absolute atomic E-state index is 13.0. The fraction of sp³-hybridized carbons (Fsp3) is 0.200. The van der Waals surface area contributed by atoms with Gasteiger partial charge in [-0.1, -0.05) is 18.2 Å². The van der Waals surface area contributed by atoms with Gasteiger partial charge >= 0.3 is 5.97 Å². The zero-order chi connectivity index (χ0) is 26.3. The molecule has 4 aromatic rings. The first-order chi connectivity index (χ1) is 17.8. The van der Waals surface area contributed by atoms with E-state index in [4.69, 9.17) is 24.4 Å². The Balaban J connectivity index is 1.47. The number of carbonyl (C=O) groups is 1. The van der Waals surface area contributed by atoms with Gasteiger partial charge in [0, 0.05) is 22.6 Å². The molecule has 0 fully saturated rings. The standard InChI is InChI=1S/C30H26N2O5/c1-5-34-20-8-6-19(7-9-20)27-22-11-10-21(14-26(22)37-29(32)24(27)15-31)35-30(33)28-18(4)23-12-16(2)17(3)13-25(23)36-28/h6-14,27H,5,32H2,1-4H3. The second-order valence-electron chi connectivity index (χ2n) is 9.00. The van der Waals surface area contributed by atoms with Crippen molar-refractivity contribution in [1.82, 2.24) is 0 Å². The van der Waals surface area contributed by atoms with Crippen molar-refractivity contribution in [3.63, 3.8) is 0 Å². The lowest BCUT2D eigenvalue weighted by molar-refractivity contribution is 0.0702. The van der Waals surface area contributed by atoms with Crippen molar-refractivity contribution in [2.45, 2.75) is 33.6 Å². The Labute approximate surface area is 214 Å². The fourth-order valence-electron chi connectivity index (χ4n) is 4.59. The van der Waals surface area contributed by atoms with Crippen molar-refractivity contribution in [3.05, 3.63) is 99.6 Å². The molecule has 1 aromatic heterocycles. The SMILES string of the molecule is CCOc1ccc(C2C(C#N)=C(N)Oc3cc(OC(=O)c4oc5cc(C)c(C)cc5c4C)ccc32)cc1. The molecule has 1 atom stereocenters. The van der Waals surface area contributed by atoms with Gasteiger partial charge in [-0.15, -0.1) is 0 Å². The van der Waals surface area contributed by atoms with Crippen LogP contribution in [-0.2, 0) is 0 Å². The lowest BCUT2D eigenvalue weighted by Crippen LogP contribution is -2.21. The van der Waals surface area contributed by atoms with Crippen LogP contribution in [-0.4, -0.2) is 12.6 Å². The number of nitrogens with zero attached hydrogens (tertiary/aromatic N) is 1. The zero-order valence-corrected chi connectivity index (χ0v) is 21.0. The first-order valence-corrected chi connectivity index (χ1v) is 12.0. The van der Waals surface area contributed by atoms with Crippen LogP contribution in [0.3, 0.4) is 0 Å². The van der Waals surface area contributed by atoms with Crippen molar-refractivity contribution in [2.24, 2.45) is 5.73 Å². The molecular formula is C30H26N2O5. The largest absolute Gasteiger partial charge is 0.494 e. The van der Waals surface area contributed by atoms with Crippen molar-refractivity contribution in [1.29, 1.82) is 5.26 Å². The van der Waals surface area contributed by atoms with Crippen molar-refractivity contribution in [2.75, 3.05) is 6.61 Å². The maximum Gasteiger partial charge on any atom is 0.379 e. The fourth-order valence-corrected chi connectivity index (χ4v) is 4.59. The zero-order valence-electron chi connectivity index (χ0n) is 21.0. The highest BCUT2D eigenvalue weighted by molar-refractivity contribution is 5.97. The molecule has 0 amide bonds. The number of ether oxygens (including phenoxy) is 3. The summed E-state index contributed by atoms with van der Waals surface area (Å²) in [6, 6.07) is 18.7. The Morgan fingerprint density at radius 2 is 1.73 bits per heavy atom. The molecule has 7 heteroatoms. The van der Waals surface area contributed by atoms with Gasteiger partial charge in [0.2, 0.25) is 11.6 Å². The summed E-state index contributed by atoms with van der Waals surface area (Å²) in [4.78, 5) is 13.0. The number of hydrogen-bond acceptors (Lipinski definition) is 7. The Morgan fingerprint density at radius 1 is 1.03 bits per heavy atom. The van der Waals surface area contributed by atoms with Crippen LogP contribution in [0.4, 0.5) is 0 Å². The highest BCUT2D eigenvalue weighted by Crippen LogP contribution is 2.43. The molecule has 1 unspecified atom stereocenters. The van der Waals surface area contributed by atoms with E-state index in [0.717, 1.165) is 39.0 Å². The Morgan fingerprint density at radius 3 is 2.43 bits per heavy atom. The number of esters is 1. The molecule has 1 aliphatic heterocycles. The van der Waals surface area contributed by atoms with Gasteiger partial charge in [0.15, 0.2) is 0 Å². The first-order valence-electron chi connectivity index (χ1n) is 12.0. The second kappa shape index (κ2) is 9.40. The topological polar surface area (TPSA) is 108 Å².